The van der Waals surface area contributed by atoms with Crippen LogP contribution in [0.4, 0.5) is 0 Å². The zero-order valence-corrected chi connectivity index (χ0v) is 14.9. The van der Waals surface area contributed by atoms with Crippen LogP contribution in [0.5, 0.6) is 0 Å². The van der Waals surface area contributed by atoms with Crippen molar-refractivity contribution in [1.29, 1.82) is 0 Å². The highest BCUT2D eigenvalue weighted by Gasteiger charge is 2.06. The van der Waals surface area contributed by atoms with Gasteiger partial charge in [-0.05, 0) is 75.0 Å². The van der Waals surface area contributed by atoms with Gasteiger partial charge < -0.3 is 4.57 Å². The van der Waals surface area contributed by atoms with E-state index < -0.39 is 0 Å². The molecule has 0 fully saturated rings. The molecule has 0 radical (unpaired) electrons. The fourth-order valence-electron chi connectivity index (χ4n) is 2.08. The summed E-state index contributed by atoms with van der Waals surface area (Å²) in [6.45, 7) is 0.845. The molecular weight excluding hydrogens is 474 g/mol. The Morgan fingerprint density at radius 2 is 1.45 bits per heavy atom. The standard InChI is InChI=1S/C16H12I2N2/c17-14-5-1-12(2-6-14)11-20-10-9-19-16(20)13-3-7-15(18)8-4-13/h1-10H,11H2. The molecule has 2 nitrogen and oxygen atoms in total. The zero-order valence-electron chi connectivity index (χ0n) is 10.6. The summed E-state index contributed by atoms with van der Waals surface area (Å²) in [4.78, 5) is 4.49. The van der Waals surface area contributed by atoms with Crippen molar-refractivity contribution in [3.05, 3.63) is 73.6 Å². The van der Waals surface area contributed by atoms with Crippen LogP contribution in [0.15, 0.2) is 60.9 Å². The Balaban J connectivity index is 1.90. The number of hydrogen-bond acceptors (Lipinski definition) is 1. The zero-order chi connectivity index (χ0) is 13.9. The van der Waals surface area contributed by atoms with Crippen molar-refractivity contribution in [1.82, 2.24) is 9.55 Å². The average molecular weight is 486 g/mol. The fraction of sp³-hybridized carbons (Fsp3) is 0.0625. The van der Waals surface area contributed by atoms with Gasteiger partial charge in [-0.1, -0.05) is 24.3 Å². The second-order valence-electron chi connectivity index (χ2n) is 4.51. The number of rotatable bonds is 3. The summed E-state index contributed by atoms with van der Waals surface area (Å²) in [5, 5.41) is 0. The number of benzene rings is 2. The first-order valence-corrected chi connectivity index (χ1v) is 8.39. The topological polar surface area (TPSA) is 17.8 Å². The third-order valence-corrected chi connectivity index (χ3v) is 4.52. The number of hydrogen-bond donors (Lipinski definition) is 0. The largest absolute Gasteiger partial charge is 0.327 e. The molecule has 4 heteroatoms. The third-order valence-electron chi connectivity index (χ3n) is 3.08. The first-order valence-electron chi connectivity index (χ1n) is 6.24. The molecule has 0 atom stereocenters. The van der Waals surface area contributed by atoms with Crippen molar-refractivity contribution in [2.45, 2.75) is 6.54 Å². The van der Waals surface area contributed by atoms with Crippen LogP contribution in [-0.2, 0) is 6.54 Å². The van der Waals surface area contributed by atoms with Crippen LogP contribution in [0.25, 0.3) is 11.4 Å². The van der Waals surface area contributed by atoms with E-state index in [2.05, 4.69) is 103 Å². The van der Waals surface area contributed by atoms with Gasteiger partial charge in [0.1, 0.15) is 5.82 Å². The SMILES string of the molecule is Ic1ccc(Cn2ccnc2-c2ccc(I)cc2)cc1. The van der Waals surface area contributed by atoms with Gasteiger partial charge >= 0.3 is 0 Å². The highest BCUT2D eigenvalue weighted by molar-refractivity contribution is 14.1. The summed E-state index contributed by atoms with van der Waals surface area (Å²) in [7, 11) is 0. The lowest BCUT2D eigenvalue weighted by Crippen LogP contribution is -2.01. The van der Waals surface area contributed by atoms with Gasteiger partial charge in [0, 0.05) is 31.6 Å². The normalized spacial score (nSPS) is 10.7. The summed E-state index contributed by atoms with van der Waals surface area (Å²) in [6.07, 6.45) is 3.89. The first-order chi connectivity index (χ1) is 9.72. The quantitative estimate of drug-likeness (QED) is 0.487. The predicted molar refractivity (Wildman–Crippen MR) is 98.6 cm³/mol. The van der Waals surface area contributed by atoms with Crippen LogP contribution in [-0.4, -0.2) is 9.55 Å². The Bertz CT molecular complexity index is 700. The van der Waals surface area contributed by atoms with Crippen LogP contribution in [0.2, 0.25) is 0 Å². The van der Waals surface area contributed by atoms with E-state index in [9.17, 15) is 0 Å². The Morgan fingerprint density at radius 3 is 2.10 bits per heavy atom. The molecule has 3 aromatic rings. The highest BCUT2D eigenvalue weighted by Crippen LogP contribution is 2.20. The van der Waals surface area contributed by atoms with E-state index >= 15 is 0 Å². The minimum absolute atomic E-state index is 0.845. The van der Waals surface area contributed by atoms with Gasteiger partial charge in [-0.25, -0.2) is 4.98 Å². The number of imidazole rings is 1. The lowest BCUT2D eigenvalue weighted by Gasteiger charge is -2.08. The van der Waals surface area contributed by atoms with Crippen molar-refractivity contribution in [3.8, 4) is 11.4 Å². The predicted octanol–water partition coefficient (Wildman–Crippen LogP) is 4.81. The van der Waals surface area contributed by atoms with Crippen molar-refractivity contribution >= 4 is 45.2 Å². The Kier molecular flexibility index (Phi) is 4.40. The number of nitrogens with zero attached hydrogens (tertiary/aromatic N) is 2. The fourth-order valence-corrected chi connectivity index (χ4v) is 2.80. The molecule has 0 amide bonds. The molecular formula is C16H12I2N2. The Morgan fingerprint density at radius 1 is 0.850 bits per heavy atom. The van der Waals surface area contributed by atoms with Crippen LogP contribution in [0.1, 0.15) is 5.56 Å². The van der Waals surface area contributed by atoms with E-state index in [1.54, 1.807) is 0 Å². The van der Waals surface area contributed by atoms with E-state index in [1.165, 1.54) is 12.7 Å². The average Bonchev–Trinajstić information content (AvgIpc) is 2.90. The molecule has 3 rings (SSSR count). The van der Waals surface area contributed by atoms with Crippen LogP contribution < -0.4 is 0 Å². The van der Waals surface area contributed by atoms with Gasteiger partial charge in [0.15, 0.2) is 0 Å². The van der Waals surface area contributed by atoms with Crippen LogP contribution >= 0.6 is 45.2 Å². The van der Waals surface area contributed by atoms with Crippen molar-refractivity contribution in [2.75, 3.05) is 0 Å². The molecule has 0 unspecified atom stereocenters. The molecule has 100 valence electrons. The number of halogens is 2. The molecule has 20 heavy (non-hydrogen) atoms. The second kappa shape index (κ2) is 6.26. The Hall–Kier alpha value is -0.890. The second-order valence-corrected chi connectivity index (χ2v) is 7.00. The van der Waals surface area contributed by atoms with E-state index in [1.807, 2.05) is 12.4 Å². The molecule has 0 aliphatic rings. The Labute approximate surface area is 145 Å². The van der Waals surface area contributed by atoms with Gasteiger partial charge in [0.25, 0.3) is 0 Å². The summed E-state index contributed by atoms with van der Waals surface area (Å²) in [5.74, 6) is 1.01. The number of aromatic nitrogens is 2. The van der Waals surface area contributed by atoms with E-state index in [0.29, 0.717) is 0 Å². The van der Waals surface area contributed by atoms with Crippen molar-refractivity contribution in [2.24, 2.45) is 0 Å². The maximum atomic E-state index is 4.49. The molecule has 0 spiro atoms. The minimum atomic E-state index is 0.845. The molecule has 0 saturated heterocycles. The molecule has 0 bridgehead atoms. The summed E-state index contributed by atoms with van der Waals surface area (Å²) >= 11 is 4.64. The van der Waals surface area contributed by atoms with Gasteiger partial charge in [0.2, 0.25) is 0 Å². The van der Waals surface area contributed by atoms with E-state index in [4.69, 9.17) is 0 Å². The molecule has 0 saturated carbocycles. The lowest BCUT2D eigenvalue weighted by molar-refractivity contribution is 0.807. The summed E-state index contributed by atoms with van der Waals surface area (Å²) < 4.78 is 4.68. The maximum absolute atomic E-state index is 4.49. The summed E-state index contributed by atoms with van der Waals surface area (Å²) in [6, 6.07) is 17.1. The monoisotopic (exact) mass is 486 g/mol. The molecule has 2 aromatic carbocycles. The molecule has 1 aromatic heterocycles. The smallest absolute Gasteiger partial charge is 0.140 e. The van der Waals surface area contributed by atoms with Gasteiger partial charge in [-0.2, -0.15) is 0 Å². The van der Waals surface area contributed by atoms with Crippen LogP contribution in [0, 0.1) is 7.14 Å². The van der Waals surface area contributed by atoms with E-state index in [-0.39, 0.29) is 0 Å². The highest BCUT2D eigenvalue weighted by atomic mass is 127. The summed E-state index contributed by atoms with van der Waals surface area (Å²) in [5.41, 5.74) is 2.44. The van der Waals surface area contributed by atoms with Gasteiger partial charge in [-0.15, -0.1) is 0 Å². The van der Waals surface area contributed by atoms with Crippen LogP contribution in [0.3, 0.4) is 0 Å². The molecule has 0 aliphatic heterocycles. The maximum Gasteiger partial charge on any atom is 0.140 e. The lowest BCUT2D eigenvalue weighted by atomic mass is 10.2. The van der Waals surface area contributed by atoms with Gasteiger partial charge in [0.05, 0.1) is 0 Å². The van der Waals surface area contributed by atoms with Crippen molar-refractivity contribution in [3.63, 3.8) is 0 Å². The first kappa shape index (κ1) is 14.1. The minimum Gasteiger partial charge on any atom is -0.327 e. The van der Waals surface area contributed by atoms with Gasteiger partial charge in [-0.3, -0.25) is 0 Å². The molecule has 0 N–H and O–H groups in total. The van der Waals surface area contributed by atoms with E-state index in [0.717, 1.165) is 17.9 Å². The molecule has 0 aliphatic carbocycles. The molecule has 1 heterocycles. The van der Waals surface area contributed by atoms with Crippen molar-refractivity contribution < 1.29 is 0 Å². The third kappa shape index (κ3) is 3.22.